The Bertz CT molecular complexity index is 1230. The van der Waals surface area contributed by atoms with Crippen molar-refractivity contribution in [1.29, 1.82) is 0 Å². The number of carboxylic acid groups (broad SMARTS) is 1. The zero-order chi connectivity index (χ0) is 24.2. The van der Waals surface area contributed by atoms with E-state index in [4.69, 9.17) is 0 Å². The molecule has 0 spiro atoms. The van der Waals surface area contributed by atoms with Crippen LogP contribution < -0.4 is 0 Å². The predicted octanol–water partition coefficient (Wildman–Crippen LogP) is 7.27. The van der Waals surface area contributed by atoms with Gasteiger partial charge < -0.3 is 10.1 Å². The number of carbonyl (C=O) groups is 1. The summed E-state index contributed by atoms with van der Waals surface area (Å²) >= 11 is 0. The molecule has 2 aromatic carbocycles. The van der Waals surface area contributed by atoms with E-state index in [0.717, 1.165) is 24.9 Å². The average molecular weight is 471 g/mol. The highest BCUT2D eigenvalue weighted by Gasteiger charge is 2.48. The van der Waals surface area contributed by atoms with Gasteiger partial charge in [0.1, 0.15) is 0 Å². The lowest BCUT2D eigenvalue weighted by Gasteiger charge is -2.47. The van der Waals surface area contributed by atoms with E-state index in [1.165, 1.54) is 84.5 Å². The van der Waals surface area contributed by atoms with Gasteiger partial charge in [0.15, 0.2) is 0 Å². The van der Waals surface area contributed by atoms with Crippen LogP contribution >= 0.6 is 0 Å². The highest BCUT2D eigenvalue weighted by atomic mass is 16.4. The first-order valence-corrected chi connectivity index (χ1v) is 13.6. The van der Waals surface area contributed by atoms with Gasteiger partial charge in [0, 0.05) is 29.7 Å². The Labute approximate surface area is 208 Å². The van der Waals surface area contributed by atoms with Crippen LogP contribution in [0.3, 0.4) is 0 Å². The quantitative estimate of drug-likeness (QED) is 0.364. The molecule has 35 heavy (non-hydrogen) atoms. The number of nitrogens with one attached hydrogen (secondary N) is 1. The molecule has 0 radical (unpaired) electrons. The number of aromatic nitrogens is 1. The van der Waals surface area contributed by atoms with E-state index >= 15 is 0 Å². The molecule has 3 aliphatic rings. The number of carboxylic acids is 1. The molecule has 3 aromatic rings. The van der Waals surface area contributed by atoms with Crippen LogP contribution in [0.2, 0.25) is 0 Å². The normalized spacial score (nSPS) is 25.3. The largest absolute Gasteiger partial charge is 0.478 e. The molecule has 1 unspecified atom stereocenters. The molecule has 0 bridgehead atoms. The minimum absolute atomic E-state index is 0.330. The number of aromatic carboxylic acids is 1. The van der Waals surface area contributed by atoms with E-state index in [0.29, 0.717) is 17.0 Å². The number of aryl methyl sites for hydroxylation is 1. The number of rotatable bonds is 8. The minimum Gasteiger partial charge on any atom is -0.478 e. The van der Waals surface area contributed by atoms with E-state index in [-0.39, 0.29) is 0 Å². The first kappa shape index (κ1) is 22.8. The fourth-order valence-electron chi connectivity index (χ4n) is 6.93. The summed E-state index contributed by atoms with van der Waals surface area (Å²) in [5.41, 5.74) is 7.74. The summed E-state index contributed by atoms with van der Waals surface area (Å²) in [6, 6.07) is 12.8. The number of piperidine rings is 1. The highest BCUT2D eigenvalue weighted by Crippen LogP contribution is 2.57. The SMILES string of the molecule is CCC1(C2CC2)CCN(Cc2c(CC3CC3)cc(C)c3[nH]ccc23)[C@H](c2ccc(C(=O)O)cc2)C1. The van der Waals surface area contributed by atoms with E-state index in [9.17, 15) is 9.90 Å². The van der Waals surface area contributed by atoms with Gasteiger partial charge in [-0.25, -0.2) is 4.79 Å². The van der Waals surface area contributed by atoms with E-state index in [1.807, 2.05) is 0 Å². The smallest absolute Gasteiger partial charge is 0.335 e. The fourth-order valence-corrected chi connectivity index (χ4v) is 6.93. The van der Waals surface area contributed by atoms with Crippen molar-refractivity contribution < 1.29 is 9.90 Å². The topological polar surface area (TPSA) is 56.3 Å². The summed E-state index contributed by atoms with van der Waals surface area (Å²) in [5.74, 6) is 0.877. The van der Waals surface area contributed by atoms with Crippen molar-refractivity contribution >= 4 is 16.9 Å². The Hall–Kier alpha value is -2.59. The molecule has 2 N–H and O–H groups in total. The van der Waals surface area contributed by atoms with Crippen LogP contribution in [0.4, 0.5) is 0 Å². The molecule has 0 amide bonds. The van der Waals surface area contributed by atoms with E-state index in [1.54, 1.807) is 12.1 Å². The molecule has 1 aromatic heterocycles. The Morgan fingerprint density at radius 1 is 1.14 bits per heavy atom. The highest BCUT2D eigenvalue weighted by molar-refractivity contribution is 5.88. The number of hydrogen-bond donors (Lipinski definition) is 2. The fraction of sp³-hybridized carbons (Fsp3) is 0.516. The summed E-state index contributed by atoms with van der Waals surface area (Å²) in [6.45, 7) is 6.69. The summed E-state index contributed by atoms with van der Waals surface area (Å²) in [4.78, 5) is 17.7. The number of H-pyrrole nitrogens is 1. The molecule has 3 fully saturated rings. The summed E-state index contributed by atoms with van der Waals surface area (Å²) in [7, 11) is 0. The summed E-state index contributed by atoms with van der Waals surface area (Å²) in [5, 5.41) is 10.8. The Balaban J connectivity index is 1.37. The zero-order valence-corrected chi connectivity index (χ0v) is 21.1. The molecule has 4 heteroatoms. The van der Waals surface area contributed by atoms with Crippen LogP contribution in [0, 0.1) is 24.2 Å². The maximum absolute atomic E-state index is 11.5. The van der Waals surface area contributed by atoms with Crippen molar-refractivity contribution in [1.82, 2.24) is 9.88 Å². The van der Waals surface area contributed by atoms with Crippen LogP contribution in [0.5, 0.6) is 0 Å². The predicted molar refractivity (Wildman–Crippen MR) is 141 cm³/mol. The first-order valence-electron chi connectivity index (χ1n) is 13.6. The monoisotopic (exact) mass is 470 g/mol. The summed E-state index contributed by atoms with van der Waals surface area (Å²) < 4.78 is 0. The molecule has 1 saturated heterocycles. The van der Waals surface area contributed by atoms with Gasteiger partial charge in [0.05, 0.1) is 5.56 Å². The minimum atomic E-state index is -0.850. The molecule has 4 nitrogen and oxygen atoms in total. The molecule has 2 heterocycles. The third-order valence-corrected chi connectivity index (χ3v) is 9.44. The Morgan fingerprint density at radius 2 is 1.91 bits per heavy atom. The second-order valence-corrected chi connectivity index (χ2v) is 11.6. The molecular formula is C31H38N2O2. The van der Waals surface area contributed by atoms with Crippen molar-refractivity contribution in [2.75, 3.05) is 6.54 Å². The van der Waals surface area contributed by atoms with Crippen molar-refractivity contribution in [3.05, 3.63) is 70.4 Å². The van der Waals surface area contributed by atoms with E-state index < -0.39 is 5.97 Å². The zero-order valence-electron chi connectivity index (χ0n) is 21.1. The van der Waals surface area contributed by atoms with Gasteiger partial charge in [-0.2, -0.15) is 0 Å². The van der Waals surface area contributed by atoms with Gasteiger partial charge in [-0.05, 0) is 116 Å². The van der Waals surface area contributed by atoms with Crippen LogP contribution in [0.15, 0.2) is 42.6 Å². The lowest BCUT2D eigenvalue weighted by molar-refractivity contribution is 0.0246. The number of benzene rings is 2. The van der Waals surface area contributed by atoms with Crippen molar-refractivity contribution in [2.24, 2.45) is 17.3 Å². The lowest BCUT2D eigenvalue weighted by Crippen LogP contribution is -2.43. The Morgan fingerprint density at radius 3 is 2.57 bits per heavy atom. The second-order valence-electron chi connectivity index (χ2n) is 11.6. The average Bonchev–Trinajstić information content (AvgIpc) is 3.81. The number of likely N-dealkylation sites (tertiary alicyclic amines) is 1. The summed E-state index contributed by atoms with van der Waals surface area (Å²) in [6.07, 6.45) is 12.5. The number of aromatic amines is 1. The van der Waals surface area contributed by atoms with Crippen molar-refractivity contribution in [2.45, 2.75) is 77.8 Å². The molecule has 6 rings (SSSR count). The molecular weight excluding hydrogens is 432 g/mol. The Kier molecular flexibility index (Phi) is 5.75. The molecule has 2 saturated carbocycles. The number of nitrogens with zero attached hydrogens (tertiary/aromatic N) is 1. The van der Waals surface area contributed by atoms with Crippen LogP contribution in [-0.2, 0) is 13.0 Å². The molecule has 184 valence electrons. The van der Waals surface area contributed by atoms with Crippen molar-refractivity contribution in [3.63, 3.8) is 0 Å². The van der Waals surface area contributed by atoms with Gasteiger partial charge in [0.2, 0.25) is 0 Å². The maximum Gasteiger partial charge on any atom is 0.335 e. The number of hydrogen-bond acceptors (Lipinski definition) is 2. The molecule has 2 atom stereocenters. The number of fused-ring (bicyclic) bond motifs is 1. The maximum atomic E-state index is 11.5. The third kappa shape index (κ3) is 4.31. The standard InChI is InChI=1S/C31H38N2O2/c1-3-31(25-10-11-25)13-15-33(28(18-31)22-6-8-23(9-7-22)30(34)35)19-27-24(17-21-4-5-21)16-20(2)29-26(27)12-14-32-29/h6-9,12,14,16,21,25,28,32H,3-5,10-11,13,15,17-19H2,1-2H3,(H,34,35)/t28-,31?/m0/s1. The van der Waals surface area contributed by atoms with Crippen LogP contribution in [0.1, 0.15) is 90.5 Å². The molecule has 2 aliphatic carbocycles. The first-order chi connectivity index (χ1) is 17.0. The van der Waals surface area contributed by atoms with Crippen LogP contribution in [0.25, 0.3) is 10.9 Å². The molecule has 1 aliphatic heterocycles. The van der Waals surface area contributed by atoms with Crippen molar-refractivity contribution in [3.8, 4) is 0 Å². The third-order valence-electron chi connectivity index (χ3n) is 9.44. The van der Waals surface area contributed by atoms with Gasteiger partial charge in [0.25, 0.3) is 0 Å². The lowest BCUT2D eigenvalue weighted by atomic mass is 9.68. The van der Waals surface area contributed by atoms with Crippen LogP contribution in [-0.4, -0.2) is 27.5 Å². The van der Waals surface area contributed by atoms with Gasteiger partial charge in [-0.3, -0.25) is 4.90 Å². The second kappa shape index (κ2) is 8.81. The van der Waals surface area contributed by atoms with Gasteiger partial charge in [-0.15, -0.1) is 0 Å². The van der Waals surface area contributed by atoms with E-state index in [2.05, 4.69) is 54.2 Å². The van der Waals surface area contributed by atoms with Gasteiger partial charge in [-0.1, -0.05) is 31.5 Å². The van der Waals surface area contributed by atoms with Gasteiger partial charge >= 0.3 is 5.97 Å².